The highest BCUT2D eigenvalue weighted by Gasteiger charge is 2.20. The van der Waals surface area contributed by atoms with Crippen LogP contribution >= 0.6 is 11.3 Å². The van der Waals surface area contributed by atoms with Crippen LogP contribution in [0.4, 0.5) is 0 Å². The summed E-state index contributed by atoms with van der Waals surface area (Å²) >= 11 is 1.26. The topological polar surface area (TPSA) is 57.6 Å². The molecule has 0 aliphatic carbocycles. The number of thiophene rings is 1. The molecule has 1 aromatic carbocycles. The molecule has 122 valence electrons. The predicted octanol–water partition coefficient (Wildman–Crippen LogP) is 3.45. The van der Waals surface area contributed by atoms with Crippen LogP contribution in [0.3, 0.4) is 0 Å². The normalized spacial score (nSPS) is 12.0. The van der Waals surface area contributed by atoms with Gasteiger partial charge in [0.05, 0.1) is 17.5 Å². The quantitative estimate of drug-likeness (QED) is 0.825. The number of ketones is 1. The van der Waals surface area contributed by atoms with Crippen LogP contribution in [0.1, 0.15) is 51.1 Å². The molecule has 1 atom stereocenters. The number of amides is 1. The minimum atomic E-state index is -0.730. The zero-order valence-electron chi connectivity index (χ0n) is 13.6. The van der Waals surface area contributed by atoms with Gasteiger partial charge in [-0.15, -0.1) is 11.3 Å². The Kier molecular flexibility index (Phi) is 5.69. The number of carbonyl (C=O) groups excluding carboxylic acids is 2. The third kappa shape index (κ3) is 4.27. The van der Waals surface area contributed by atoms with Crippen molar-refractivity contribution in [3.8, 4) is 0 Å². The number of aryl methyl sites for hydroxylation is 1. The molecule has 1 N–H and O–H groups in total. The summed E-state index contributed by atoms with van der Waals surface area (Å²) < 4.78 is 0. The summed E-state index contributed by atoms with van der Waals surface area (Å²) in [5.41, 5.74) is 2.46. The number of Topliss-reactive ketones (excluding diaryl/α,β-unsaturated/α-hetero) is 1. The van der Waals surface area contributed by atoms with Crippen molar-refractivity contribution in [1.29, 1.82) is 0 Å². The van der Waals surface area contributed by atoms with Gasteiger partial charge in [0.15, 0.2) is 5.78 Å². The molecule has 2 aromatic rings. The molecule has 0 saturated heterocycles. The van der Waals surface area contributed by atoms with Gasteiger partial charge in [0, 0.05) is 17.5 Å². The number of likely N-dealkylation sites (N-methyl/N-ethyl adjacent to an activating group) is 1. The average Bonchev–Trinajstić information content (AvgIpc) is 3.02. The van der Waals surface area contributed by atoms with Crippen LogP contribution in [0.25, 0.3) is 0 Å². The number of benzene rings is 1. The van der Waals surface area contributed by atoms with Gasteiger partial charge in [0.2, 0.25) is 0 Å². The average molecular weight is 331 g/mol. The van der Waals surface area contributed by atoms with E-state index in [0.29, 0.717) is 17.0 Å². The number of carbonyl (C=O) groups is 2. The first-order valence-corrected chi connectivity index (χ1v) is 8.43. The van der Waals surface area contributed by atoms with E-state index in [1.54, 1.807) is 16.3 Å². The SMILES string of the molecule is CCN(CC(O)c1ccc(C)cc1)C(=O)c1cc(C(C)=O)cs1. The van der Waals surface area contributed by atoms with E-state index in [2.05, 4.69) is 0 Å². The molecule has 0 aliphatic heterocycles. The van der Waals surface area contributed by atoms with Gasteiger partial charge in [-0.25, -0.2) is 0 Å². The van der Waals surface area contributed by atoms with Gasteiger partial charge >= 0.3 is 0 Å². The Morgan fingerprint density at radius 3 is 2.43 bits per heavy atom. The zero-order chi connectivity index (χ0) is 17.0. The number of nitrogens with zero attached hydrogens (tertiary/aromatic N) is 1. The van der Waals surface area contributed by atoms with Crippen LogP contribution in [0.2, 0.25) is 0 Å². The minimum Gasteiger partial charge on any atom is -0.387 e. The standard InChI is InChI=1S/C18H21NO3S/c1-4-19(10-16(21)14-7-5-12(2)6-8-14)18(22)17-9-15(11-23-17)13(3)20/h5-9,11,16,21H,4,10H2,1-3H3. The molecule has 0 saturated carbocycles. The van der Waals surface area contributed by atoms with Gasteiger partial charge in [-0.1, -0.05) is 29.8 Å². The molecular weight excluding hydrogens is 310 g/mol. The fourth-order valence-corrected chi connectivity index (χ4v) is 3.16. The third-order valence-corrected chi connectivity index (χ3v) is 4.66. The van der Waals surface area contributed by atoms with Crippen molar-refractivity contribution >= 4 is 23.0 Å². The Bertz CT molecular complexity index is 691. The molecule has 0 fully saturated rings. The fraction of sp³-hybridized carbons (Fsp3) is 0.333. The van der Waals surface area contributed by atoms with E-state index in [9.17, 15) is 14.7 Å². The minimum absolute atomic E-state index is 0.0527. The van der Waals surface area contributed by atoms with Crippen LogP contribution in [-0.2, 0) is 0 Å². The second-order valence-electron chi connectivity index (χ2n) is 5.53. The number of aliphatic hydroxyl groups is 1. The Hall–Kier alpha value is -1.98. The lowest BCUT2D eigenvalue weighted by Crippen LogP contribution is -2.34. The summed E-state index contributed by atoms with van der Waals surface area (Å²) in [6.07, 6.45) is -0.730. The van der Waals surface area contributed by atoms with Crippen LogP contribution in [0.15, 0.2) is 35.7 Å². The van der Waals surface area contributed by atoms with Gasteiger partial charge < -0.3 is 10.0 Å². The van der Waals surface area contributed by atoms with Crippen LogP contribution in [-0.4, -0.2) is 34.8 Å². The molecule has 1 heterocycles. The molecule has 1 unspecified atom stereocenters. The van der Waals surface area contributed by atoms with Crippen LogP contribution in [0.5, 0.6) is 0 Å². The van der Waals surface area contributed by atoms with E-state index < -0.39 is 6.10 Å². The maximum absolute atomic E-state index is 12.5. The summed E-state index contributed by atoms with van der Waals surface area (Å²) in [6.45, 7) is 6.07. The summed E-state index contributed by atoms with van der Waals surface area (Å²) in [6, 6.07) is 9.25. The number of hydrogen-bond acceptors (Lipinski definition) is 4. The van der Waals surface area contributed by atoms with Gasteiger partial charge in [0.25, 0.3) is 5.91 Å². The lowest BCUT2D eigenvalue weighted by molar-refractivity contribution is 0.0639. The molecule has 1 amide bonds. The molecule has 0 spiro atoms. The maximum atomic E-state index is 12.5. The highest BCUT2D eigenvalue weighted by atomic mass is 32.1. The lowest BCUT2D eigenvalue weighted by Gasteiger charge is -2.23. The smallest absolute Gasteiger partial charge is 0.264 e. The molecule has 4 nitrogen and oxygen atoms in total. The van der Waals surface area contributed by atoms with Crippen molar-refractivity contribution in [2.75, 3.05) is 13.1 Å². The zero-order valence-corrected chi connectivity index (χ0v) is 14.4. The second-order valence-corrected chi connectivity index (χ2v) is 6.44. The van der Waals surface area contributed by atoms with Gasteiger partial charge in [-0.2, -0.15) is 0 Å². The Morgan fingerprint density at radius 2 is 1.91 bits per heavy atom. The third-order valence-electron chi connectivity index (χ3n) is 3.74. The Morgan fingerprint density at radius 1 is 1.26 bits per heavy atom. The summed E-state index contributed by atoms with van der Waals surface area (Å²) in [5.74, 6) is -0.209. The van der Waals surface area contributed by atoms with Crippen molar-refractivity contribution in [1.82, 2.24) is 4.90 Å². The molecule has 5 heteroatoms. The van der Waals surface area contributed by atoms with E-state index in [1.165, 1.54) is 18.3 Å². The highest BCUT2D eigenvalue weighted by molar-refractivity contribution is 7.12. The maximum Gasteiger partial charge on any atom is 0.264 e. The monoisotopic (exact) mass is 331 g/mol. The van der Waals surface area contributed by atoms with Crippen molar-refractivity contribution in [2.24, 2.45) is 0 Å². The molecule has 2 rings (SSSR count). The molecule has 0 radical (unpaired) electrons. The summed E-state index contributed by atoms with van der Waals surface area (Å²) in [5, 5.41) is 12.1. The first-order chi connectivity index (χ1) is 10.9. The molecule has 0 bridgehead atoms. The largest absolute Gasteiger partial charge is 0.387 e. The lowest BCUT2D eigenvalue weighted by atomic mass is 10.1. The van der Waals surface area contributed by atoms with Gasteiger partial charge in [0.1, 0.15) is 0 Å². The Balaban J connectivity index is 2.10. The van der Waals surface area contributed by atoms with Crippen molar-refractivity contribution in [3.63, 3.8) is 0 Å². The summed E-state index contributed by atoms with van der Waals surface area (Å²) in [7, 11) is 0. The predicted molar refractivity (Wildman–Crippen MR) is 92.0 cm³/mol. The molecule has 23 heavy (non-hydrogen) atoms. The van der Waals surface area contributed by atoms with Crippen LogP contribution in [0, 0.1) is 6.92 Å². The fourth-order valence-electron chi connectivity index (χ4n) is 2.25. The molecular formula is C18H21NO3S. The molecule has 0 aliphatic rings. The number of rotatable bonds is 6. The van der Waals surface area contributed by atoms with E-state index in [1.807, 2.05) is 38.1 Å². The number of hydrogen-bond donors (Lipinski definition) is 1. The molecule has 1 aromatic heterocycles. The number of aliphatic hydroxyl groups excluding tert-OH is 1. The van der Waals surface area contributed by atoms with Crippen molar-refractivity contribution in [3.05, 3.63) is 57.3 Å². The van der Waals surface area contributed by atoms with Crippen molar-refractivity contribution < 1.29 is 14.7 Å². The highest BCUT2D eigenvalue weighted by Crippen LogP contribution is 2.20. The van der Waals surface area contributed by atoms with Gasteiger partial charge in [-0.05, 0) is 32.4 Å². The summed E-state index contributed by atoms with van der Waals surface area (Å²) in [4.78, 5) is 26.0. The van der Waals surface area contributed by atoms with Gasteiger partial charge in [-0.3, -0.25) is 9.59 Å². The first kappa shape index (κ1) is 17.4. The first-order valence-electron chi connectivity index (χ1n) is 7.55. The second kappa shape index (κ2) is 7.53. The van der Waals surface area contributed by atoms with E-state index in [0.717, 1.165) is 11.1 Å². The van der Waals surface area contributed by atoms with E-state index in [4.69, 9.17) is 0 Å². The Labute approximate surface area is 140 Å². The van der Waals surface area contributed by atoms with Crippen molar-refractivity contribution in [2.45, 2.75) is 26.9 Å². The van der Waals surface area contributed by atoms with Crippen LogP contribution < -0.4 is 0 Å². The van der Waals surface area contributed by atoms with E-state index in [-0.39, 0.29) is 18.2 Å². The van der Waals surface area contributed by atoms with E-state index >= 15 is 0 Å².